The summed E-state index contributed by atoms with van der Waals surface area (Å²) >= 11 is 11.9. The second-order valence-corrected chi connectivity index (χ2v) is 5.99. The molecule has 0 saturated carbocycles. The molecule has 1 N–H and O–H groups in total. The van der Waals surface area contributed by atoms with Gasteiger partial charge in [-0.05, 0) is 56.2 Å². The smallest absolute Gasteiger partial charge is 0.265 e. The van der Waals surface area contributed by atoms with E-state index in [1.54, 1.807) is 25.1 Å². The third kappa shape index (κ3) is 4.15. The maximum atomic E-state index is 12.2. The summed E-state index contributed by atoms with van der Waals surface area (Å²) in [5.41, 5.74) is 2.52. The minimum Gasteiger partial charge on any atom is -0.481 e. The van der Waals surface area contributed by atoms with Crippen LogP contribution in [-0.2, 0) is 4.79 Å². The molecule has 22 heavy (non-hydrogen) atoms. The third-order valence-corrected chi connectivity index (χ3v) is 3.77. The van der Waals surface area contributed by atoms with Crippen molar-refractivity contribution in [2.24, 2.45) is 0 Å². The number of benzene rings is 2. The van der Waals surface area contributed by atoms with E-state index in [9.17, 15) is 4.79 Å². The van der Waals surface area contributed by atoms with E-state index in [1.165, 1.54) is 0 Å². The number of amides is 1. The molecule has 0 saturated heterocycles. The Morgan fingerprint density at radius 2 is 1.86 bits per heavy atom. The molecule has 0 bridgehead atoms. The van der Waals surface area contributed by atoms with Crippen molar-refractivity contribution in [3.63, 3.8) is 0 Å². The first-order valence-corrected chi connectivity index (χ1v) is 7.62. The summed E-state index contributed by atoms with van der Waals surface area (Å²) in [6.45, 7) is 5.60. The molecule has 2 aromatic rings. The molecule has 0 fully saturated rings. The van der Waals surface area contributed by atoms with E-state index in [0.29, 0.717) is 21.5 Å². The Morgan fingerprint density at radius 3 is 2.59 bits per heavy atom. The lowest BCUT2D eigenvalue weighted by Crippen LogP contribution is -2.30. The van der Waals surface area contributed by atoms with Crippen LogP contribution >= 0.6 is 23.2 Å². The molecular weight excluding hydrogens is 321 g/mol. The number of ether oxygens (including phenoxy) is 1. The van der Waals surface area contributed by atoms with E-state index >= 15 is 0 Å². The monoisotopic (exact) mass is 337 g/mol. The van der Waals surface area contributed by atoms with Gasteiger partial charge >= 0.3 is 0 Å². The van der Waals surface area contributed by atoms with Gasteiger partial charge in [-0.2, -0.15) is 0 Å². The standard InChI is InChI=1S/C17H17Cl2NO2/c1-10-4-5-11(2)16(8-10)22-12(3)17(21)20-15-9-13(18)6-7-14(15)19/h4-9,12H,1-3H3,(H,20,21). The van der Waals surface area contributed by atoms with Crippen LogP contribution in [0.3, 0.4) is 0 Å². The van der Waals surface area contributed by atoms with Crippen LogP contribution in [0.15, 0.2) is 36.4 Å². The van der Waals surface area contributed by atoms with E-state index in [2.05, 4.69) is 5.32 Å². The Labute approximate surface area is 140 Å². The van der Waals surface area contributed by atoms with Crippen molar-refractivity contribution in [1.29, 1.82) is 0 Å². The number of anilines is 1. The van der Waals surface area contributed by atoms with Gasteiger partial charge in [-0.1, -0.05) is 35.3 Å². The molecule has 0 aliphatic carbocycles. The number of nitrogens with one attached hydrogen (secondary N) is 1. The number of carbonyl (C=O) groups is 1. The number of carbonyl (C=O) groups excluding carboxylic acids is 1. The van der Waals surface area contributed by atoms with Gasteiger partial charge in [-0.25, -0.2) is 0 Å². The summed E-state index contributed by atoms with van der Waals surface area (Å²) in [5.74, 6) is 0.407. The average molecular weight is 338 g/mol. The SMILES string of the molecule is Cc1ccc(C)c(OC(C)C(=O)Nc2cc(Cl)ccc2Cl)c1. The quantitative estimate of drug-likeness (QED) is 0.850. The third-order valence-electron chi connectivity index (χ3n) is 3.20. The molecule has 1 unspecified atom stereocenters. The van der Waals surface area contributed by atoms with Crippen LogP contribution < -0.4 is 10.1 Å². The van der Waals surface area contributed by atoms with Crippen LogP contribution in [0.5, 0.6) is 5.75 Å². The molecule has 5 heteroatoms. The highest BCUT2D eigenvalue weighted by Gasteiger charge is 2.17. The van der Waals surface area contributed by atoms with Crippen molar-refractivity contribution in [3.8, 4) is 5.75 Å². The minimum absolute atomic E-state index is 0.287. The fourth-order valence-corrected chi connectivity index (χ4v) is 2.24. The Balaban J connectivity index is 2.09. The lowest BCUT2D eigenvalue weighted by Gasteiger charge is -2.17. The van der Waals surface area contributed by atoms with Crippen molar-refractivity contribution in [2.75, 3.05) is 5.32 Å². The molecular formula is C17H17Cl2NO2. The predicted molar refractivity (Wildman–Crippen MR) is 91.1 cm³/mol. The molecule has 0 spiro atoms. The fraction of sp³-hybridized carbons (Fsp3) is 0.235. The Morgan fingerprint density at radius 1 is 1.14 bits per heavy atom. The van der Waals surface area contributed by atoms with Crippen LogP contribution in [0.25, 0.3) is 0 Å². The minimum atomic E-state index is -0.657. The van der Waals surface area contributed by atoms with Gasteiger partial charge in [0.2, 0.25) is 0 Å². The number of hydrogen-bond acceptors (Lipinski definition) is 2. The molecule has 0 heterocycles. The molecule has 116 valence electrons. The van der Waals surface area contributed by atoms with Gasteiger partial charge in [0, 0.05) is 5.02 Å². The van der Waals surface area contributed by atoms with Crippen molar-refractivity contribution < 1.29 is 9.53 Å². The summed E-state index contributed by atoms with van der Waals surface area (Å²) in [7, 11) is 0. The van der Waals surface area contributed by atoms with Crippen molar-refractivity contribution in [3.05, 3.63) is 57.6 Å². The molecule has 0 aliphatic heterocycles. The van der Waals surface area contributed by atoms with Crippen LogP contribution in [0.2, 0.25) is 10.0 Å². The molecule has 0 aromatic heterocycles. The maximum Gasteiger partial charge on any atom is 0.265 e. The number of halogens is 2. The van der Waals surface area contributed by atoms with Crippen molar-refractivity contribution in [1.82, 2.24) is 0 Å². The zero-order chi connectivity index (χ0) is 16.3. The highest BCUT2D eigenvalue weighted by atomic mass is 35.5. The lowest BCUT2D eigenvalue weighted by atomic mass is 10.1. The van der Waals surface area contributed by atoms with Crippen LogP contribution in [0.1, 0.15) is 18.1 Å². The maximum absolute atomic E-state index is 12.2. The molecule has 0 aliphatic rings. The van der Waals surface area contributed by atoms with Gasteiger partial charge in [0.05, 0.1) is 10.7 Å². The van der Waals surface area contributed by atoms with Crippen LogP contribution in [0.4, 0.5) is 5.69 Å². The first-order chi connectivity index (χ1) is 10.4. The Kier molecular flexibility index (Phi) is 5.33. The van der Waals surface area contributed by atoms with Gasteiger partial charge in [0.1, 0.15) is 5.75 Å². The van der Waals surface area contributed by atoms with E-state index in [4.69, 9.17) is 27.9 Å². The highest BCUT2D eigenvalue weighted by molar-refractivity contribution is 6.35. The van der Waals surface area contributed by atoms with Gasteiger partial charge in [0.25, 0.3) is 5.91 Å². The first kappa shape index (κ1) is 16.7. The molecule has 3 nitrogen and oxygen atoms in total. The Bertz CT molecular complexity index is 701. The predicted octanol–water partition coefficient (Wildman–Crippen LogP) is 5.02. The van der Waals surface area contributed by atoms with Gasteiger partial charge < -0.3 is 10.1 Å². The molecule has 1 amide bonds. The van der Waals surface area contributed by atoms with Gasteiger partial charge in [-0.3, -0.25) is 4.79 Å². The van der Waals surface area contributed by atoms with Crippen molar-refractivity contribution in [2.45, 2.75) is 26.9 Å². The molecule has 0 radical (unpaired) electrons. The molecule has 2 aromatic carbocycles. The summed E-state index contributed by atoms with van der Waals surface area (Å²) in [6, 6.07) is 10.8. The number of aryl methyl sites for hydroxylation is 2. The molecule has 1 atom stereocenters. The largest absolute Gasteiger partial charge is 0.481 e. The Hall–Kier alpha value is -1.71. The lowest BCUT2D eigenvalue weighted by molar-refractivity contribution is -0.122. The summed E-state index contributed by atoms with van der Waals surface area (Å²) in [5, 5.41) is 3.65. The topological polar surface area (TPSA) is 38.3 Å². The van der Waals surface area contributed by atoms with Gasteiger partial charge in [-0.15, -0.1) is 0 Å². The zero-order valence-electron chi connectivity index (χ0n) is 12.6. The molecule has 2 rings (SSSR count). The average Bonchev–Trinajstić information content (AvgIpc) is 2.46. The van der Waals surface area contributed by atoms with E-state index in [0.717, 1.165) is 11.1 Å². The van der Waals surface area contributed by atoms with Gasteiger partial charge in [0.15, 0.2) is 6.10 Å². The van der Waals surface area contributed by atoms with E-state index < -0.39 is 6.10 Å². The van der Waals surface area contributed by atoms with E-state index in [1.807, 2.05) is 32.0 Å². The summed E-state index contributed by atoms with van der Waals surface area (Å²) < 4.78 is 5.74. The normalized spacial score (nSPS) is 11.9. The second kappa shape index (κ2) is 7.03. The van der Waals surface area contributed by atoms with Crippen LogP contribution in [0, 0.1) is 13.8 Å². The van der Waals surface area contributed by atoms with Crippen molar-refractivity contribution >= 4 is 34.8 Å². The number of hydrogen-bond donors (Lipinski definition) is 1. The summed E-state index contributed by atoms with van der Waals surface area (Å²) in [6.07, 6.45) is -0.657. The number of rotatable bonds is 4. The second-order valence-electron chi connectivity index (χ2n) is 5.14. The first-order valence-electron chi connectivity index (χ1n) is 6.86. The summed E-state index contributed by atoms with van der Waals surface area (Å²) in [4.78, 5) is 12.2. The van der Waals surface area contributed by atoms with E-state index in [-0.39, 0.29) is 5.91 Å². The van der Waals surface area contributed by atoms with Crippen LogP contribution in [-0.4, -0.2) is 12.0 Å². The fourth-order valence-electron chi connectivity index (χ4n) is 1.91. The highest BCUT2D eigenvalue weighted by Crippen LogP contribution is 2.26. The zero-order valence-corrected chi connectivity index (χ0v) is 14.1.